The number of nitrogens with zero attached hydrogens (tertiary/aromatic N) is 1. The maximum absolute atomic E-state index is 12.4. The van der Waals surface area contributed by atoms with Crippen LogP contribution < -0.4 is 5.32 Å². The van der Waals surface area contributed by atoms with Crippen molar-refractivity contribution < 1.29 is 9.21 Å². The molecule has 0 radical (unpaired) electrons. The van der Waals surface area contributed by atoms with Crippen LogP contribution in [0.2, 0.25) is 0 Å². The van der Waals surface area contributed by atoms with Gasteiger partial charge < -0.3 is 9.73 Å². The number of benzene rings is 1. The molecule has 4 nitrogen and oxygen atoms in total. The van der Waals surface area contributed by atoms with Gasteiger partial charge in [-0.3, -0.25) is 4.79 Å². The van der Waals surface area contributed by atoms with Gasteiger partial charge in [0.2, 0.25) is 11.8 Å². The summed E-state index contributed by atoms with van der Waals surface area (Å²) in [6, 6.07) is 7.61. The van der Waals surface area contributed by atoms with Crippen molar-refractivity contribution in [2.75, 3.05) is 0 Å². The van der Waals surface area contributed by atoms with Gasteiger partial charge in [-0.05, 0) is 45.7 Å². The molecular formula is C15H18N2O2. The van der Waals surface area contributed by atoms with E-state index in [9.17, 15) is 4.79 Å². The van der Waals surface area contributed by atoms with Crippen LogP contribution in [-0.2, 0) is 10.2 Å². The van der Waals surface area contributed by atoms with Gasteiger partial charge in [0.1, 0.15) is 10.9 Å². The van der Waals surface area contributed by atoms with Crippen molar-refractivity contribution in [2.24, 2.45) is 0 Å². The van der Waals surface area contributed by atoms with E-state index in [1.54, 1.807) is 0 Å². The number of fused-ring (bicyclic) bond motifs is 1. The number of hydrogen-bond donors (Lipinski definition) is 1. The average molecular weight is 258 g/mol. The van der Waals surface area contributed by atoms with Crippen molar-refractivity contribution in [3.8, 4) is 0 Å². The number of aromatic nitrogens is 1. The molecule has 1 amide bonds. The Morgan fingerprint density at radius 1 is 1.32 bits per heavy atom. The quantitative estimate of drug-likeness (QED) is 0.901. The summed E-state index contributed by atoms with van der Waals surface area (Å²) in [5.74, 6) is 0.571. The maximum atomic E-state index is 12.4. The van der Waals surface area contributed by atoms with Crippen LogP contribution in [0.5, 0.6) is 0 Å². The molecule has 1 N–H and O–H groups in total. The highest BCUT2D eigenvalue weighted by molar-refractivity contribution is 5.91. The molecule has 19 heavy (non-hydrogen) atoms. The normalized spacial score (nSPS) is 17.4. The Kier molecular flexibility index (Phi) is 2.46. The lowest BCUT2D eigenvalue weighted by molar-refractivity contribution is -0.125. The van der Waals surface area contributed by atoms with Crippen LogP contribution in [0.1, 0.15) is 39.5 Å². The minimum atomic E-state index is -0.549. The average Bonchev–Trinajstić information content (AvgIpc) is 3.01. The Hall–Kier alpha value is -1.84. The molecule has 2 aromatic rings. The van der Waals surface area contributed by atoms with E-state index in [4.69, 9.17) is 4.42 Å². The smallest absolute Gasteiger partial charge is 0.236 e. The fourth-order valence-corrected chi connectivity index (χ4v) is 2.20. The summed E-state index contributed by atoms with van der Waals surface area (Å²) >= 11 is 0. The summed E-state index contributed by atoms with van der Waals surface area (Å²) in [6.07, 6.45) is 1.61. The molecule has 1 saturated carbocycles. The number of carbonyl (C=O) groups is 1. The van der Waals surface area contributed by atoms with E-state index >= 15 is 0 Å². The number of hydrogen-bond acceptors (Lipinski definition) is 3. The van der Waals surface area contributed by atoms with Crippen LogP contribution in [-0.4, -0.2) is 16.4 Å². The van der Waals surface area contributed by atoms with Crippen LogP contribution in [0, 0.1) is 0 Å². The third kappa shape index (κ3) is 2.11. The molecule has 0 aliphatic heterocycles. The zero-order valence-corrected chi connectivity index (χ0v) is 11.5. The summed E-state index contributed by atoms with van der Waals surface area (Å²) in [6.45, 7) is 5.94. The van der Waals surface area contributed by atoms with E-state index in [1.165, 1.54) is 0 Å². The molecule has 0 unspecified atom stereocenters. The van der Waals surface area contributed by atoms with Gasteiger partial charge in [-0.2, -0.15) is 0 Å². The van der Waals surface area contributed by atoms with E-state index in [0.29, 0.717) is 5.89 Å². The molecule has 0 saturated heterocycles. The second-order valence-corrected chi connectivity index (χ2v) is 6.27. The lowest BCUT2D eigenvalue weighted by Gasteiger charge is -2.23. The molecule has 1 aromatic heterocycles. The van der Waals surface area contributed by atoms with E-state index in [1.807, 2.05) is 45.0 Å². The molecule has 1 aliphatic carbocycles. The van der Waals surface area contributed by atoms with Crippen LogP contribution in [0.3, 0.4) is 0 Å². The maximum Gasteiger partial charge on any atom is 0.236 e. The standard InChI is InChI=1S/C15H18N2O2/c1-14(2,3)17-12(18)15(8-9-15)13-16-10-6-4-5-7-11(10)19-13/h4-7H,8-9H2,1-3H3,(H,17,18). The number of nitrogens with one attached hydrogen (secondary N) is 1. The van der Waals surface area contributed by atoms with Crippen molar-refractivity contribution in [3.63, 3.8) is 0 Å². The third-order valence-corrected chi connectivity index (χ3v) is 3.38. The van der Waals surface area contributed by atoms with Gasteiger partial charge >= 0.3 is 0 Å². The largest absolute Gasteiger partial charge is 0.440 e. The van der Waals surface area contributed by atoms with Gasteiger partial charge in [-0.15, -0.1) is 0 Å². The van der Waals surface area contributed by atoms with Gasteiger partial charge in [0, 0.05) is 5.54 Å². The van der Waals surface area contributed by atoms with Gasteiger partial charge in [0.25, 0.3) is 0 Å². The SMILES string of the molecule is CC(C)(C)NC(=O)C1(c2nc3ccccc3o2)CC1. The molecular weight excluding hydrogens is 240 g/mol. The van der Waals surface area contributed by atoms with Gasteiger partial charge in [-0.25, -0.2) is 4.98 Å². The molecule has 0 bridgehead atoms. The Balaban J connectivity index is 1.94. The predicted octanol–water partition coefficient (Wildman–Crippen LogP) is 2.77. The molecule has 1 aromatic carbocycles. The van der Waals surface area contributed by atoms with Crippen LogP contribution in [0.25, 0.3) is 11.1 Å². The third-order valence-electron chi connectivity index (χ3n) is 3.38. The highest BCUT2D eigenvalue weighted by Crippen LogP contribution is 2.48. The number of oxazole rings is 1. The predicted molar refractivity (Wildman–Crippen MR) is 72.8 cm³/mol. The molecule has 0 atom stereocenters. The van der Waals surface area contributed by atoms with Crippen LogP contribution in [0.4, 0.5) is 0 Å². The highest BCUT2D eigenvalue weighted by atomic mass is 16.4. The number of rotatable bonds is 2. The van der Waals surface area contributed by atoms with E-state index in [0.717, 1.165) is 23.9 Å². The Morgan fingerprint density at radius 3 is 2.58 bits per heavy atom. The second kappa shape index (κ2) is 3.83. The van der Waals surface area contributed by atoms with Crippen molar-refractivity contribution in [1.29, 1.82) is 0 Å². The molecule has 4 heteroatoms. The summed E-state index contributed by atoms with van der Waals surface area (Å²) in [4.78, 5) is 16.9. The lowest BCUT2D eigenvalue weighted by atomic mass is 10.0. The molecule has 3 rings (SSSR count). The second-order valence-electron chi connectivity index (χ2n) is 6.27. The first kappa shape index (κ1) is 12.2. The number of amides is 1. The Labute approximate surface area is 112 Å². The first-order chi connectivity index (χ1) is 8.91. The Bertz CT molecular complexity index is 600. The van der Waals surface area contributed by atoms with Crippen LogP contribution in [0.15, 0.2) is 28.7 Å². The van der Waals surface area contributed by atoms with Gasteiger partial charge in [0.05, 0.1) is 0 Å². The number of para-hydroxylation sites is 2. The zero-order chi connectivity index (χ0) is 13.7. The molecule has 1 aliphatic rings. The Morgan fingerprint density at radius 2 is 2.00 bits per heavy atom. The summed E-state index contributed by atoms with van der Waals surface area (Å²) in [5, 5.41) is 3.03. The van der Waals surface area contributed by atoms with Crippen LogP contribution >= 0.6 is 0 Å². The zero-order valence-electron chi connectivity index (χ0n) is 11.5. The monoisotopic (exact) mass is 258 g/mol. The summed E-state index contributed by atoms with van der Waals surface area (Å²) in [5.41, 5.74) is 0.769. The van der Waals surface area contributed by atoms with E-state index < -0.39 is 5.41 Å². The van der Waals surface area contributed by atoms with E-state index in [2.05, 4.69) is 10.3 Å². The molecule has 0 spiro atoms. The minimum absolute atomic E-state index is 0.0200. The van der Waals surface area contributed by atoms with Gasteiger partial charge in [-0.1, -0.05) is 12.1 Å². The summed E-state index contributed by atoms with van der Waals surface area (Å²) in [7, 11) is 0. The van der Waals surface area contributed by atoms with Crippen molar-refractivity contribution in [2.45, 2.75) is 44.6 Å². The van der Waals surface area contributed by atoms with Crippen molar-refractivity contribution in [3.05, 3.63) is 30.2 Å². The van der Waals surface area contributed by atoms with Crippen molar-refractivity contribution in [1.82, 2.24) is 10.3 Å². The topological polar surface area (TPSA) is 55.1 Å². The fraction of sp³-hybridized carbons (Fsp3) is 0.467. The first-order valence-electron chi connectivity index (χ1n) is 6.59. The molecule has 1 heterocycles. The summed E-state index contributed by atoms with van der Waals surface area (Å²) < 4.78 is 5.76. The number of carbonyl (C=O) groups excluding carboxylic acids is 1. The van der Waals surface area contributed by atoms with Crippen molar-refractivity contribution >= 4 is 17.0 Å². The van der Waals surface area contributed by atoms with E-state index in [-0.39, 0.29) is 11.4 Å². The minimum Gasteiger partial charge on any atom is -0.440 e. The molecule has 1 fully saturated rings. The first-order valence-corrected chi connectivity index (χ1v) is 6.59. The van der Waals surface area contributed by atoms with Gasteiger partial charge in [0.15, 0.2) is 5.58 Å². The lowest BCUT2D eigenvalue weighted by Crippen LogP contribution is -2.46. The highest BCUT2D eigenvalue weighted by Gasteiger charge is 2.56. The fourth-order valence-electron chi connectivity index (χ4n) is 2.20. The molecule has 100 valence electrons.